The van der Waals surface area contributed by atoms with Crippen molar-refractivity contribution in [3.05, 3.63) is 70.8 Å². The lowest BCUT2D eigenvalue weighted by Gasteiger charge is -2.29. The summed E-state index contributed by atoms with van der Waals surface area (Å²) in [5.41, 5.74) is 3.64. The Morgan fingerprint density at radius 1 is 1.10 bits per heavy atom. The van der Waals surface area contributed by atoms with Crippen LogP contribution in [0, 0.1) is 6.92 Å². The summed E-state index contributed by atoms with van der Waals surface area (Å²) in [4.78, 5) is 30.0. The summed E-state index contributed by atoms with van der Waals surface area (Å²) in [6.07, 6.45) is 3.58. The first-order chi connectivity index (χ1) is 14.0. The number of amides is 3. The Balaban J connectivity index is 1.58. The second-order valence-electron chi connectivity index (χ2n) is 8.21. The molecule has 1 saturated heterocycles. The molecule has 0 aromatic heterocycles. The molecule has 0 saturated carbocycles. The SMILES string of the molecule is CCN(Cc1cccc(C)c1)CN1C(=O)N[C@@]2(CCCCc3ccccc32)C1=O. The van der Waals surface area contributed by atoms with E-state index in [9.17, 15) is 9.59 Å². The number of carbonyl (C=O) groups is 2. The van der Waals surface area contributed by atoms with Crippen molar-refractivity contribution < 1.29 is 9.59 Å². The molecule has 1 N–H and O–H groups in total. The predicted molar refractivity (Wildman–Crippen MR) is 113 cm³/mol. The lowest BCUT2D eigenvalue weighted by atomic mass is 9.84. The molecular formula is C24H29N3O2. The van der Waals surface area contributed by atoms with E-state index in [1.807, 2.05) is 24.3 Å². The topological polar surface area (TPSA) is 52.6 Å². The quantitative estimate of drug-likeness (QED) is 0.786. The highest BCUT2D eigenvalue weighted by Crippen LogP contribution is 2.39. The van der Waals surface area contributed by atoms with Gasteiger partial charge >= 0.3 is 6.03 Å². The fraction of sp³-hybridized carbons (Fsp3) is 0.417. The molecule has 2 aliphatic rings. The van der Waals surface area contributed by atoms with Crippen LogP contribution in [0.2, 0.25) is 0 Å². The number of nitrogens with zero attached hydrogens (tertiary/aromatic N) is 2. The van der Waals surface area contributed by atoms with Gasteiger partial charge in [0.25, 0.3) is 5.91 Å². The molecule has 29 heavy (non-hydrogen) atoms. The number of imide groups is 1. The summed E-state index contributed by atoms with van der Waals surface area (Å²) in [6.45, 7) is 5.90. The van der Waals surface area contributed by atoms with Crippen molar-refractivity contribution in [1.82, 2.24) is 15.1 Å². The summed E-state index contributed by atoms with van der Waals surface area (Å²) in [6, 6.07) is 16.1. The zero-order valence-corrected chi connectivity index (χ0v) is 17.3. The van der Waals surface area contributed by atoms with Crippen molar-refractivity contribution in [2.45, 2.75) is 51.6 Å². The fourth-order valence-corrected chi connectivity index (χ4v) is 4.63. The van der Waals surface area contributed by atoms with Gasteiger partial charge in [0, 0.05) is 6.54 Å². The highest BCUT2D eigenvalue weighted by atomic mass is 16.2. The van der Waals surface area contributed by atoms with Crippen LogP contribution in [-0.4, -0.2) is 35.0 Å². The summed E-state index contributed by atoms with van der Waals surface area (Å²) in [5, 5.41) is 3.08. The van der Waals surface area contributed by atoms with Crippen LogP contribution in [0.25, 0.3) is 0 Å². The van der Waals surface area contributed by atoms with Gasteiger partial charge in [0.15, 0.2) is 0 Å². The van der Waals surface area contributed by atoms with Crippen molar-refractivity contribution in [2.75, 3.05) is 13.2 Å². The number of benzene rings is 2. The third-order valence-electron chi connectivity index (χ3n) is 6.18. The van der Waals surface area contributed by atoms with Gasteiger partial charge in [-0.3, -0.25) is 9.69 Å². The first-order valence-corrected chi connectivity index (χ1v) is 10.5. The van der Waals surface area contributed by atoms with Gasteiger partial charge in [0.1, 0.15) is 5.54 Å². The van der Waals surface area contributed by atoms with Crippen LogP contribution in [0.15, 0.2) is 48.5 Å². The fourth-order valence-electron chi connectivity index (χ4n) is 4.63. The molecule has 5 heteroatoms. The Morgan fingerprint density at radius 3 is 2.72 bits per heavy atom. The molecule has 2 aromatic rings. The number of nitrogens with one attached hydrogen (secondary N) is 1. The molecule has 152 valence electrons. The van der Waals surface area contributed by atoms with Gasteiger partial charge in [0.05, 0.1) is 6.67 Å². The first kappa shape index (κ1) is 19.6. The number of carbonyl (C=O) groups excluding carboxylic acids is 2. The van der Waals surface area contributed by atoms with Crippen molar-refractivity contribution in [3.8, 4) is 0 Å². The minimum atomic E-state index is -0.910. The minimum absolute atomic E-state index is 0.112. The van der Waals surface area contributed by atoms with E-state index in [1.165, 1.54) is 21.6 Å². The largest absolute Gasteiger partial charge is 0.326 e. The van der Waals surface area contributed by atoms with E-state index in [0.717, 1.165) is 31.4 Å². The monoisotopic (exact) mass is 391 g/mol. The molecule has 4 rings (SSSR count). The molecule has 0 unspecified atom stereocenters. The van der Waals surface area contributed by atoms with Gasteiger partial charge in [0.2, 0.25) is 0 Å². The van der Waals surface area contributed by atoms with Crippen molar-refractivity contribution in [3.63, 3.8) is 0 Å². The van der Waals surface area contributed by atoms with Crippen LogP contribution in [0.5, 0.6) is 0 Å². The van der Waals surface area contributed by atoms with Crippen LogP contribution < -0.4 is 5.32 Å². The molecule has 3 amide bonds. The van der Waals surface area contributed by atoms with Gasteiger partial charge in [-0.25, -0.2) is 9.69 Å². The third-order valence-corrected chi connectivity index (χ3v) is 6.18. The second kappa shape index (κ2) is 7.99. The average Bonchev–Trinajstić information content (AvgIpc) is 2.85. The van der Waals surface area contributed by atoms with Crippen molar-refractivity contribution >= 4 is 11.9 Å². The second-order valence-corrected chi connectivity index (χ2v) is 8.21. The molecular weight excluding hydrogens is 362 g/mol. The van der Waals surface area contributed by atoms with E-state index in [-0.39, 0.29) is 11.9 Å². The van der Waals surface area contributed by atoms with E-state index in [0.29, 0.717) is 19.6 Å². The smallest absolute Gasteiger partial charge is 0.319 e. The normalized spacial score (nSPS) is 21.4. The molecule has 1 heterocycles. The highest BCUT2D eigenvalue weighted by molar-refractivity contribution is 6.07. The van der Waals surface area contributed by atoms with E-state index in [4.69, 9.17) is 0 Å². The summed E-state index contributed by atoms with van der Waals surface area (Å²) >= 11 is 0. The van der Waals surface area contributed by atoms with E-state index in [2.05, 4.69) is 48.3 Å². The van der Waals surface area contributed by atoms with Gasteiger partial charge in [-0.05, 0) is 55.8 Å². The zero-order chi connectivity index (χ0) is 20.4. The van der Waals surface area contributed by atoms with Gasteiger partial charge in [-0.1, -0.05) is 61.0 Å². The summed E-state index contributed by atoms with van der Waals surface area (Å²) in [5.74, 6) is -0.112. The molecule has 1 atom stereocenters. The predicted octanol–water partition coefficient (Wildman–Crippen LogP) is 3.95. The Labute approximate surface area is 172 Å². The van der Waals surface area contributed by atoms with Gasteiger partial charge in [-0.15, -0.1) is 0 Å². The third kappa shape index (κ3) is 3.67. The Kier molecular flexibility index (Phi) is 5.41. The lowest BCUT2D eigenvalue weighted by Crippen LogP contribution is -2.45. The van der Waals surface area contributed by atoms with Crippen molar-refractivity contribution in [1.29, 1.82) is 0 Å². The molecule has 0 bridgehead atoms. The number of aryl methyl sites for hydroxylation is 2. The lowest BCUT2D eigenvalue weighted by molar-refractivity contribution is -0.133. The number of urea groups is 1. The van der Waals surface area contributed by atoms with E-state index >= 15 is 0 Å². The van der Waals surface area contributed by atoms with Crippen LogP contribution in [0.4, 0.5) is 4.79 Å². The van der Waals surface area contributed by atoms with Crippen molar-refractivity contribution in [2.24, 2.45) is 0 Å². The minimum Gasteiger partial charge on any atom is -0.319 e. The molecule has 1 aliphatic heterocycles. The number of hydrogen-bond donors (Lipinski definition) is 1. The Morgan fingerprint density at radius 2 is 1.93 bits per heavy atom. The average molecular weight is 392 g/mol. The van der Waals surface area contributed by atoms with Gasteiger partial charge in [-0.2, -0.15) is 0 Å². The maximum absolute atomic E-state index is 13.6. The summed E-state index contributed by atoms with van der Waals surface area (Å²) in [7, 11) is 0. The van der Waals surface area contributed by atoms with E-state index in [1.54, 1.807) is 0 Å². The van der Waals surface area contributed by atoms with Crippen LogP contribution in [-0.2, 0) is 23.3 Å². The molecule has 0 radical (unpaired) electrons. The van der Waals surface area contributed by atoms with Crippen LogP contribution in [0.1, 0.15) is 48.4 Å². The number of hydrogen-bond acceptors (Lipinski definition) is 3. The van der Waals surface area contributed by atoms with Crippen LogP contribution in [0.3, 0.4) is 0 Å². The van der Waals surface area contributed by atoms with Crippen LogP contribution >= 0.6 is 0 Å². The first-order valence-electron chi connectivity index (χ1n) is 10.5. The molecule has 5 nitrogen and oxygen atoms in total. The Hall–Kier alpha value is -2.66. The zero-order valence-electron chi connectivity index (χ0n) is 17.3. The summed E-state index contributed by atoms with van der Waals surface area (Å²) < 4.78 is 0. The number of rotatable bonds is 5. The molecule has 1 fully saturated rings. The maximum atomic E-state index is 13.6. The Bertz CT molecular complexity index is 926. The molecule has 2 aromatic carbocycles. The highest BCUT2D eigenvalue weighted by Gasteiger charge is 2.53. The maximum Gasteiger partial charge on any atom is 0.326 e. The molecule has 1 spiro atoms. The van der Waals surface area contributed by atoms with Gasteiger partial charge < -0.3 is 5.32 Å². The van der Waals surface area contributed by atoms with E-state index < -0.39 is 5.54 Å². The standard InChI is InChI=1S/C24H29N3O2/c1-3-26(16-19-10-8-9-18(2)15-19)17-27-22(28)24(25-23(27)29)14-7-6-12-20-11-4-5-13-21(20)24/h4-5,8-11,13,15H,3,6-7,12,14,16-17H2,1-2H3,(H,25,29)/t24-/m1/s1. The molecule has 1 aliphatic carbocycles. The number of fused-ring (bicyclic) bond motifs is 2.